The molecule has 200 valence electrons. The number of guanidine groups is 1. The van der Waals surface area contributed by atoms with Gasteiger partial charge in [0.05, 0.1) is 42.0 Å². The summed E-state index contributed by atoms with van der Waals surface area (Å²) in [6.07, 6.45) is 6.13. The predicted octanol–water partition coefficient (Wildman–Crippen LogP) is 0.488. The third kappa shape index (κ3) is 4.71. The number of amides is 1. The van der Waals surface area contributed by atoms with E-state index in [0.717, 1.165) is 37.9 Å². The quantitative estimate of drug-likeness (QED) is 0.514. The molecule has 1 saturated carbocycles. The number of nitrogens with zero attached hydrogens (tertiary/aromatic N) is 6. The SMILES string of the molecule is Cn1cc(CN2C(=O)c3cc(S(=O)(=O)NC4(C)CC4)ccc3N3C2=NC[C@H]3C#CCN2CC[C@H](N)C2)cn1. The van der Waals surface area contributed by atoms with Gasteiger partial charge in [-0.1, -0.05) is 11.8 Å². The maximum atomic E-state index is 13.8. The van der Waals surface area contributed by atoms with E-state index in [2.05, 4.69) is 26.6 Å². The highest BCUT2D eigenvalue weighted by molar-refractivity contribution is 7.89. The minimum absolute atomic E-state index is 0.0756. The van der Waals surface area contributed by atoms with Gasteiger partial charge in [-0.25, -0.2) is 18.1 Å². The predicted molar refractivity (Wildman–Crippen MR) is 143 cm³/mol. The van der Waals surface area contributed by atoms with Gasteiger partial charge in [0, 0.05) is 43.5 Å². The Bertz CT molecular complexity index is 1480. The number of anilines is 1. The minimum Gasteiger partial charge on any atom is -0.326 e. The highest BCUT2D eigenvalue weighted by Gasteiger charge is 2.44. The largest absolute Gasteiger partial charge is 0.326 e. The lowest BCUT2D eigenvalue weighted by Gasteiger charge is -2.37. The van der Waals surface area contributed by atoms with Crippen molar-refractivity contribution >= 4 is 27.6 Å². The Balaban J connectivity index is 1.34. The molecule has 3 aliphatic heterocycles. The summed E-state index contributed by atoms with van der Waals surface area (Å²) in [5, 5.41) is 4.22. The first-order valence-electron chi connectivity index (χ1n) is 12.9. The molecule has 0 spiro atoms. The summed E-state index contributed by atoms with van der Waals surface area (Å²) in [5.74, 6) is 6.85. The number of hydrogen-bond donors (Lipinski definition) is 2. The molecular weight excluding hydrogens is 504 g/mol. The van der Waals surface area contributed by atoms with Crippen LogP contribution in [-0.2, 0) is 23.6 Å². The molecule has 1 aliphatic carbocycles. The summed E-state index contributed by atoms with van der Waals surface area (Å²) in [6.45, 7) is 4.96. The number of nitrogens with two attached hydrogens (primary N) is 1. The molecule has 0 bridgehead atoms. The summed E-state index contributed by atoms with van der Waals surface area (Å²) in [7, 11) is -1.96. The van der Waals surface area contributed by atoms with E-state index >= 15 is 0 Å². The molecule has 3 N–H and O–H groups in total. The maximum Gasteiger partial charge on any atom is 0.263 e. The lowest BCUT2D eigenvalue weighted by molar-refractivity contribution is 0.0833. The van der Waals surface area contributed by atoms with Crippen LogP contribution in [-0.4, -0.2) is 83.7 Å². The van der Waals surface area contributed by atoms with E-state index in [-0.39, 0.29) is 29.4 Å². The van der Waals surface area contributed by atoms with E-state index in [1.54, 1.807) is 27.9 Å². The van der Waals surface area contributed by atoms with E-state index in [4.69, 9.17) is 10.7 Å². The minimum atomic E-state index is -3.78. The zero-order valence-corrected chi connectivity index (χ0v) is 22.4. The van der Waals surface area contributed by atoms with Crippen LogP contribution in [0.3, 0.4) is 0 Å². The van der Waals surface area contributed by atoms with Gasteiger partial charge in [-0.3, -0.25) is 24.2 Å². The molecule has 6 rings (SSSR count). The molecule has 11 nitrogen and oxygen atoms in total. The van der Waals surface area contributed by atoms with E-state index in [1.807, 2.05) is 25.1 Å². The van der Waals surface area contributed by atoms with Crippen molar-refractivity contribution in [3.63, 3.8) is 0 Å². The van der Waals surface area contributed by atoms with Gasteiger partial charge in [0.2, 0.25) is 16.0 Å². The number of aryl methyl sites for hydroxylation is 1. The van der Waals surface area contributed by atoms with E-state index < -0.39 is 15.6 Å². The van der Waals surface area contributed by atoms with Gasteiger partial charge in [0.15, 0.2) is 0 Å². The number of fused-ring (bicyclic) bond motifs is 3. The summed E-state index contributed by atoms with van der Waals surface area (Å²) in [6, 6.07) is 4.67. The molecule has 38 heavy (non-hydrogen) atoms. The van der Waals surface area contributed by atoms with Gasteiger partial charge in [-0.2, -0.15) is 5.10 Å². The van der Waals surface area contributed by atoms with Crippen LogP contribution in [0.2, 0.25) is 0 Å². The van der Waals surface area contributed by atoms with Crippen molar-refractivity contribution in [1.82, 2.24) is 24.3 Å². The van der Waals surface area contributed by atoms with E-state index in [9.17, 15) is 13.2 Å². The first kappa shape index (κ1) is 25.1. The number of benzene rings is 1. The molecule has 1 aromatic heterocycles. The Morgan fingerprint density at radius 1 is 1.29 bits per heavy atom. The van der Waals surface area contributed by atoms with Crippen LogP contribution in [0.1, 0.15) is 42.1 Å². The zero-order chi connectivity index (χ0) is 26.7. The smallest absolute Gasteiger partial charge is 0.263 e. The van der Waals surface area contributed by atoms with Gasteiger partial charge >= 0.3 is 0 Å². The second-order valence-electron chi connectivity index (χ2n) is 10.9. The Labute approximate surface area is 222 Å². The van der Waals surface area contributed by atoms with Crippen LogP contribution >= 0.6 is 0 Å². The second-order valence-corrected chi connectivity index (χ2v) is 12.6. The molecular formula is C26H32N8O3S. The van der Waals surface area contributed by atoms with E-state index in [0.29, 0.717) is 30.3 Å². The van der Waals surface area contributed by atoms with Gasteiger partial charge in [-0.15, -0.1) is 0 Å². The normalized spacial score (nSPS) is 24.1. The van der Waals surface area contributed by atoms with Gasteiger partial charge in [0.1, 0.15) is 6.04 Å². The molecule has 0 radical (unpaired) electrons. The van der Waals surface area contributed by atoms with Crippen LogP contribution in [0.15, 0.2) is 40.5 Å². The number of hydrogen-bond acceptors (Lipinski definition) is 8. The standard InChI is InChI=1S/C26H32N8O3S/c1-26(8-9-26)30-38(36,37)21-5-6-23-22(12-21)24(35)33(16-18-13-29-31(2)15-18)25-28-14-20(34(23)25)4-3-10-32-11-7-19(27)17-32/h5-6,12-13,15,19-20,30H,7-11,14,16-17,27H2,1-2H3/t19-,20+/m0/s1. The van der Waals surface area contributed by atoms with Crippen LogP contribution in [0.5, 0.6) is 0 Å². The summed E-state index contributed by atoms with van der Waals surface area (Å²) in [5.41, 5.74) is 7.39. The number of aliphatic imine (C=N–C) groups is 1. The lowest BCUT2D eigenvalue weighted by atomic mass is 10.1. The summed E-state index contributed by atoms with van der Waals surface area (Å²) >= 11 is 0. The van der Waals surface area contributed by atoms with Crippen LogP contribution in [0, 0.1) is 11.8 Å². The van der Waals surface area contributed by atoms with Crippen LogP contribution < -0.4 is 15.4 Å². The number of likely N-dealkylation sites (tertiary alicyclic amines) is 1. The molecule has 2 fully saturated rings. The van der Waals surface area contributed by atoms with Crippen LogP contribution in [0.4, 0.5) is 5.69 Å². The average Bonchev–Trinajstić information content (AvgIpc) is 3.22. The number of sulfonamides is 1. The number of rotatable bonds is 6. The highest BCUT2D eigenvalue weighted by atomic mass is 32.2. The molecule has 2 aromatic rings. The van der Waals surface area contributed by atoms with Crippen molar-refractivity contribution in [3.8, 4) is 11.8 Å². The van der Waals surface area contributed by atoms with Gasteiger partial charge < -0.3 is 5.73 Å². The Hall–Kier alpha value is -3.24. The van der Waals surface area contributed by atoms with Gasteiger partial charge in [0.25, 0.3) is 5.91 Å². The molecule has 1 amide bonds. The molecule has 4 heterocycles. The molecule has 2 atom stereocenters. The fourth-order valence-corrected chi connectivity index (χ4v) is 6.69. The number of carbonyl (C=O) groups is 1. The highest BCUT2D eigenvalue weighted by Crippen LogP contribution is 2.38. The first-order valence-corrected chi connectivity index (χ1v) is 14.4. The zero-order valence-electron chi connectivity index (χ0n) is 21.6. The fourth-order valence-electron chi connectivity index (χ4n) is 5.20. The van der Waals surface area contributed by atoms with Crippen molar-refractivity contribution in [2.45, 2.75) is 55.2 Å². The third-order valence-electron chi connectivity index (χ3n) is 7.55. The summed E-state index contributed by atoms with van der Waals surface area (Å²) in [4.78, 5) is 24.4. The van der Waals surface area contributed by atoms with E-state index in [1.165, 1.54) is 6.07 Å². The average molecular weight is 537 g/mol. The fraction of sp³-hybridized carbons (Fsp3) is 0.500. The van der Waals surface area contributed by atoms with Crippen molar-refractivity contribution in [2.75, 3.05) is 31.1 Å². The monoisotopic (exact) mass is 536 g/mol. The Kier molecular flexibility index (Phi) is 6.07. The maximum absolute atomic E-state index is 13.8. The first-order chi connectivity index (χ1) is 18.1. The van der Waals surface area contributed by atoms with Crippen molar-refractivity contribution in [3.05, 3.63) is 41.7 Å². The van der Waals surface area contributed by atoms with Gasteiger partial charge in [-0.05, 0) is 44.4 Å². The molecule has 4 aliphatic rings. The molecule has 1 saturated heterocycles. The Morgan fingerprint density at radius 2 is 2.11 bits per heavy atom. The van der Waals surface area contributed by atoms with Crippen molar-refractivity contribution < 1.29 is 13.2 Å². The number of nitrogens with one attached hydrogen (secondary N) is 1. The Morgan fingerprint density at radius 3 is 2.79 bits per heavy atom. The lowest BCUT2D eigenvalue weighted by Crippen LogP contribution is -2.52. The molecule has 0 unspecified atom stereocenters. The number of carbonyl (C=O) groups excluding carboxylic acids is 1. The third-order valence-corrected chi connectivity index (χ3v) is 9.18. The second kappa shape index (κ2) is 9.20. The van der Waals surface area contributed by atoms with Crippen molar-refractivity contribution in [2.24, 2.45) is 17.8 Å². The molecule has 1 aromatic carbocycles. The summed E-state index contributed by atoms with van der Waals surface area (Å²) < 4.78 is 30.7. The number of aromatic nitrogens is 2. The topological polar surface area (TPSA) is 129 Å². The van der Waals surface area contributed by atoms with Crippen molar-refractivity contribution in [1.29, 1.82) is 0 Å². The van der Waals surface area contributed by atoms with Crippen LogP contribution in [0.25, 0.3) is 0 Å². The molecule has 12 heteroatoms.